The normalized spacial score (nSPS) is 10.4. The number of aromatic nitrogens is 2. The maximum Gasteiger partial charge on any atom is 0.225 e. The molecule has 2 rings (SSSR count). The van der Waals surface area contributed by atoms with Crippen LogP contribution < -0.4 is 5.32 Å². The second-order valence-electron chi connectivity index (χ2n) is 3.00. The lowest BCUT2D eigenvalue weighted by Gasteiger charge is -2.02. The van der Waals surface area contributed by atoms with Gasteiger partial charge in [0.2, 0.25) is 5.91 Å². The molecule has 0 saturated carbocycles. The lowest BCUT2D eigenvalue weighted by molar-refractivity contribution is -0.115. The predicted octanol–water partition coefficient (Wildman–Crippen LogP) is 1.91. The summed E-state index contributed by atoms with van der Waals surface area (Å²) in [5.74, 6) is 0.599. The lowest BCUT2D eigenvalue weighted by atomic mass is 10.3. The zero-order chi connectivity index (χ0) is 9.97. The molecule has 1 amide bonds. The van der Waals surface area contributed by atoms with Gasteiger partial charge in [-0.15, -0.1) is 0 Å². The molecule has 0 unspecified atom stereocenters. The Bertz CT molecular complexity index is 461. The van der Waals surface area contributed by atoms with E-state index in [1.807, 2.05) is 25.3 Å². The third-order valence-corrected chi connectivity index (χ3v) is 2.06. The number of carbonyl (C=O) groups is 1. The largest absolute Gasteiger partial charge is 0.361 e. The number of pyridine rings is 1. The molecule has 0 bridgehead atoms. The Hall–Kier alpha value is -1.84. The molecule has 2 N–H and O–H groups in total. The minimum Gasteiger partial charge on any atom is -0.361 e. The molecular formula is C10H11N3O. The van der Waals surface area contributed by atoms with Gasteiger partial charge in [0.15, 0.2) is 0 Å². The van der Waals surface area contributed by atoms with E-state index in [0.717, 1.165) is 10.9 Å². The van der Waals surface area contributed by atoms with Gasteiger partial charge >= 0.3 is 0 Å². The fourth-order valence-corrected chi connectivity index (χ4v) is 1.30. The molecular weight excluding hydrogens is 178 g/mol. The van der Waals surface area contributed by atoms with E-state index >= 15 is 0 Å². The summed E-state index contributed by atoms with van der Waals surface area (Å²) in [5.41, 5.74) is 0.978. The van der Waals surface area contributed by atoms with Crippen molar-refractivity contribution in [1.82, 2.24) is 9.97 Å². The van der Waals surface area contributed by atoms with Crippen LogP contribution in [0, 0.1) is 0 Å². The highest BCUT2D eigenvalue weighted by atomic mass is 16.1. The molecule has 0 radical (unpaired) electrons. The summed E-state index contributed by atoms with van der Waals surface area (Å²) in [7, 11) is 0. The Kier molecular flexibility index (Phi) is 2.18. The number of aromatic amines is 1. The average molecular weight is 189 g/mol. The molecule has 2 aromatic heterocycles. The standard InChI is InChI=1S/C10H11N3O/c1-2-9(14)13-10-7-3-5-11-8(7)4-6-12-10/h3-6,11H,2H2,1H3,(H,12,13,14). The summed E-state index contributed by atoms with van der Waals surface area (Å²) in [6, 6.07) is 3.77. The molecule has 72 valence electrons. The monoisotopic (exact) mass is 189 g/mol. The van der Waals surface area contributed by atoms with Crippen molar-refractivity contribution in [3.63, 3.8) is 0 Å². The van der Waals surface area contributed by atoms with Crippen LogP contribution in [0.25, 0.3) is 10.9 Å². The minimum atomic E-state index is -0.0220. The number of H-pyrrole nitrogens is 1. The molecule has 0 spiro atoms. The Balaban J connectivity index is 2.41. The van der Waals surface area contributed by atoms with E-state index in [2.05, 4.69) is 15.3 Å². The first-order valence-corrected chi connectivity index (χ1v) is 4.53. The number of rotatable bonds is 2. The zero-order valence-corrected chi connectivity index (χ0v) is 7.87. The quantitative estimate of drug-likeness (QED) is 0.758. The van der Waals surface area contributed by atoms with E-state index in [4.69, 9.17) is 0 Å². The molecule has 4 heteroatoms. The molecule has 0 atom stereocenters. The molecule has 2 aromatic rings. The lowest BCUT2D eigenvalue weighted by Crippen LogP contribution is -2.10. The summed E-state index contributed by atoms with van der Waals surface area (Å²) in [5, 5.41) is 3.69. The van der Waals surface area contributed by atoms with Gasteiger partial charge in [-0.2, -0.15) is 0 Å². The third kappa shape index (κ3) is 1.46. The molecule has 0 saturated heterocycles. The summed E-state index contributed by atoms with van der Waals surface area (Å²) in [6.07, 6.45) is 3.96. The van der Waals surface area contributed by atoms with Gasteiger partial charge in [-0.3, -0.25) is 4.79 Å². The van der Waals surface area contributed by atoms with Crippen molar-refractivity contribution in [3.05, 3.63) is 24.5 Å². The van der Waals surface area contributed by atoms with Crippen LogP contribution in [0.3, 0.4) is 0 Å². The van der Waals surface area contributed by atoms with Gasteiger partial charge in [0.1, 0.15) is 5.82 Å². The summed E-state index contributed by atoms with van der Waals surface area (Å²) < 4.78 is 0. The Labute approximate surface area is 81.3 Å². The number of carbonyl (C=O) groups excluding carboxylic acids is 1. The number of nitrogens with zero attached hydrogens (tertiary/aromatic N) is 1. The van der Waals surface area contributed by atoms with Gasteiger partial charge < -0.3 is 10.3 Å². The van der Waals surface area contributed by atoms with Gasteiger partial charge in [-0.25, -0.2) is 4.98 Å². The van der Waals surface area contributed by atoms with E-state index in [0.29, 0.717) is 12.2 Å². The van der Waals surface area contributed by atoms with E-state index in [9.17, 15) is 4.79 Å². The molecule has 14 heavy (non-hydrogen) atoms. The summed E-state index contributed by atoms with van der Waals surface area (Å²) in [4.78, 5) is 18.4. The number of amides is 1. The van der Waals surface area contributed by atoms with Crippen LogP contribution in [0.5, 0.6) is 0 Å². The first-order chi connectivity index (χ1) is 6.81. The van der Waals surface area contributed by atoms with Crippen molar-refractivity contribution in [2.45, 2.75) is 13.3 Å². The van der Waals surface area contributed by atoms with Crippen molar-refractivity contribution in [2.75, 3.05) is 5.32 Å². The number of hydrogen-bond acceptors (Lipinski definition) is 2. The number of anilines is 1. The van der Waals surface area contributed by atoms with Crippen LogP contribution in [0.4, 0.5) is 5.82 Å². The highest BCUT2D eigenvalue weighted by molar-refractivity contribution is 5.99. The second-order valence-corrected chi connectivity index (χ2v) is 3.00. The molecule has 0 fully saturated rings. The molecule has 0 aliphatic heterocycles. The predicted molar refractivity (Wildman–Crippen MR) is 55.0 cm³/mol. The van der Waals surface area contributed by atoms with Crippen molar-refractivity contribution < 1.29 is 4.79 Å². The highest BCUT2D eigenvalue weighted by Gasteiger charge is 2.05. The Morgan fingerprint density at radius 3 is 3.21 bits per heavy atom. The van der Waals surface area contributed by atoms with E-state index in [-0.39, 0.29) is 5.91 Å². The van der Waals surface area contributed by atoms with Gasteiger partial charge in [0.05, 0.1) is 5.52 Å². The third-order valence-electron chi connectivity index (χ3n) is 2.06. The van der Waals surface area contributed by atoms with Gasteiger partial charge in [0.25, 0.3) is 0 Å². The molecule has 2 heterocycles. The zero-order valence-electron chi connectivity index (χ0n) is 7.87. The molecule has 0 aliphatic carbocycles. The summed E-state index contributed by atoms with van der Waals surface area (Å²) >= 11 is 0. The molecule has 0 aliphatic rings. The van der Waals surface area contributed by atoms with Gasteiger partial charge in [-0.1, -0.05) is 6.92 Å². The van der Waals surface area contributed by atoms with Crippen LogP contribution in [0.1, 0.15) is 13.3 Å². The van der Waals surface area contributed by atoms with Crippen molar-refractivity contribution in [2.24, 2.45) is 0 Å². The fraction of sp³-hybridized carbons (Fsp3) is 0.200. The van der Waals surface area contributed by atoms with Gasteiger partial charge in [-0.05, 0) is 12.1 Å². The number of hydrogen-bond donors (Lipinski definition) is 2. The van der Waals surface area contributed by atoms with E-state index < -0.39 is 0 Å². The van der Waals surface area contributed by atoms with Crippen LogP contribution in [-0.4, -0.2) is 15.9 Å². The highest BCUT2D eigenvalue weighted by Crippen LogP contribution is 2.19. The van der Waals surface area contributed by atoms with Crippen LogP contribution >= 0.6 is 0 Å². The second kappa shape index (κ2) is 3.49. The average Bonchev–Trinajstić information content (AvgIpc) is 2.66. The van der Waals surface area contributed by atoms with Crippen LogP contribution in [0.15, 0.2) is 24.5 Å². The molecule has 0 aromatic carbocycles. The Morgan fingerprint density at radius 1 is 1.57 bits per heavy atom. The minimum absolute atomic E-state index is 0.0220. The van der Waals surface area contributed by atoms with Crippen LogP contribution in [0.2, 0.25) is 0 Å². The summed E-state index contributed by atoms with van der Waals surface area (Å²) in [6.45, 7) is 1.81. The fourth-order valence-electron chi connectivity index (χ4n) is 1.30. The van der Waals surface area contributed by atoms with Gasteiger partial charge in [0, 0.05) is 24.2 Å². The smallest absolute Gasteiger partial charge is 0.225 e. The maximum absolute atomic E-state index is 11.2. The maximum atomic E-state index is 11.2. The number of nitrogens with one attached hydrogen (secondary N) is 2. The SMILES string of the molecule is CCC(=O)Nc1nccc2[nH]ccc12. The van der Waals surface area contributed by atoms with E-state index in [1.165, 1.54) is 0 Å². The van der Waals surface area contributed by atoms with E-state index in [1.54, 1.807) is 6.20 Å². The topological polar surface area (TPSA) is 57.8 Å². The van der Waals surface area contributed by atoms with Crippen molar-refractivity contribution in [3.8, 4) is 0 Å². The van der Waals surface area contributed by atoms with Crippen molar-refractivity contribution >= 4 is 22.6 Å². The first kappa shape index (κ1) is 8.74. The first-order valence-electron chi connectivity index (χ1n) is 4.53. The Morgan fingerprint density at radius 2 is 2.43 bits per heavy atom. The van der Waals surface area contributed by atoms with Crippen molar-refractivity contribution in [1.29, 1.82) is 0 Å². The molecule has 4 nitrogen and oxygen atoms in total. The number of fused-ring (bicyclic) bond motifs is 1. The van der Waals surface area contributed by atoms with Crippen LogP contribution in [-0.2, 0) is 4.79 Å².